The Kier molecular flexibility index (Phi) is 5.21. The first-order chi connectivity index (χ1) is 12.8. The molecule has 2 heterocycles. The number of anilines is 2. The van der Waals surface area contributed by atoms with E-state index in [2.05, 4.69) is 64.2 Å². The lowest BCUT2D eigenvalue weighted by molar-refractivity contribution is 0.122. The second-order valence-corrected chi connectivity index (χ2v) is 7.11. The molecule has 4 heteroatoms. The summed E-state index contributed by atoms with van der Waals surface area (Å²) in [6, 6.07) is 15.2. The third-order valence-corrected chi connectivity index (χ3v) is 5.30. The summed E-state index contributed by atoms with van der Waals surface area (Å²) in [6.45, 7) is 8.09. The molecule has 0 spiro atoms. The summed E-state index contributed by atoms with van der Waals surface area (Å²) in [7, 11) is 0. The van der Waals surface area contributed by atoms with Gasteiger partial charge in [0.05, 0.1) is 18.9 Å². The van der Waals surface area contributed by atoms with Crippen LogP contribution in [-0.2, 0) is 4.74 Å². The average molecular weight is 349 g/mol. The van der Waals surface area contributed by atoms with Gasteiger partial charge in [0.2, 0.25) is 0 Å². The fraction of sp³-hybridized carbons (Fsp3) is 0.409. The molecule has 136 valence electrons. The van der Waals surface area contributed by atoms with Crippen molar-refractivity contribution in [2.24, 2.45) is 4.99 Å². The van der Waals surface area contributed by atoms with Gasteiger partial charge in [-0.15, -0.1) is 0 Å². The van der Waals surface area contributed by atoms with E-state index < -0.39 is 0 Å². The standard InChI is InChI=1S/C22H27N3O/c1-18-16-22(24-10-2-3-11-24)7-4-19(18)17-23-20-5-8-21(9-6-20)25-12-14-26-15-13-25/h4-9,16-17H,2-3,10-15H2,1H3. The largest absolute Gasteiger partial charge is 0.378 e. The molecule has 2 fully saturated rings. The van der Waals surface area contributed by atoms with Crippen LogP contribution in [-0.4, -0.2) is 45.6 Å². The molecule has 0 atom stereocenters. The first-order valence-electron chi connectivity index (χ1n) is 9.62. The molecule has 2 aliphatic heterocycles. The highest BCUT2D eigenvalue weighted by molar-refractivity contribution is 5.84. The molecule has 0 N–H and O–H groups in total. The first-order valence-corrected chi connectivity index (χ1v) is 9.62. The monoisotopic (exact) mass is 349 g/mol. The van der Waals surface area contributed by atoms with E-state index in [1.165, 1.54) is 48.4 Å². The van der Waals surface area contributed by atoms with Crippen LogP contribution in [0.4, 0.5) is 17.1 Å². The van der Waals surface area contributed by atoms with Crippen LogP contribution in [0.1, 0.15) is 24.0 Å². The van der Waals surface area contributed by atoms with Crippen LogP contribution in [0.15, 0.2) is 47.5 Å². The van der Waals surface area contributed by atoms with Crippen LogP contribution < -0.4 is 9.80 Å². The van der Waals surface area contributed by atoms with Gasteiger partial charge >= 0.3 is 0 Å². The van der Waals surface area contributed by atoms with Gasteiger partial charge in [-0.3, -0.25) is 4.99 Å². The number of nitrogens with zero attached hydrogens (tertiary/aromatic N) is 3. The predicted molar refractivity (Wildman–Crippen MR) is 109 cm³/mol. The minimum absolute atomic E-state index is 0.812. The molecule has 0 saturated carbocycles. The molecular formula is C22H27N3O. The molecule has 0 aromatic heterocycles. The van der Waals surface area contributed by atoms with Gasteiger partial charge in [0, 0.05) is 43.8 Å². The van der Waals surface area contributed by atoms with E-state index in [4.69, 9.17) is 4.74 Å². The molecule has 26 heavy (non-hydrogen) atoms. The van der Waals surface area contributed by atoms with Crippen molar-refractivity contribution in [2.75, 3.05) is 49.2 Å². The van der Waals surface area contributed by atoms with Crippen molar-refractivity contribution in [3.63, 3.8) is 0 Å². The summed E-state index contributed by atoms with van der Waals surface area (Å²) in [5.74, 6) is 0. The number of aliphatic imine (C=N–C) groups is 1. The fourth-order valence-electron chi connectivity index (χ4n) is 3.69. The number of morpholine rings is 1. The molecule has 0 unspecified atom stereocenters. The second-order valence-electron chi connectivity index (χ2n) is 7.11. The van der Waals surface area contributed by atoms with E-state index in [1.54, 1.807) is 0 Å². The summed E-state index contributed by atoms with van der Waals surface area (Å²) in [5, 5.41) is 0. The van der Waals surface area contributed by atoms with E-state index in [9.17, 15) is 0 Å². The molecule has 0 bridgehead atoms. The van der Waals surface area contributed by atoms with E-state index in [-0.39, 0.29) is 0 Å². The zero-order chi connectivity index (χ0) is 17.8. The van der Waals surface area contributed by atoms with Crippen LogP contribution >= 0.6 is 0 Å². The molecule has 0 aliphatic carbocycles. The number of hydrogen-bond acceptors (Lipinski definition) is 4. The molecule has 0 amide bonds. The highest BCUT2D eigenvalue weighted by Gasteiger charge is 2.13. The fourth-order valence-corrected chi connectivity index (χ4v) is 3.69. The van der Waals surface area contributed by atoms with Gasteiger partial charge in [0.25, 0.3) is 0 Å². The topological polar surface area (TPSA) is 28.1 Å². The van der Waals surface area contributed by atoms with Crippen molar-refractivity contribution in [3.05, 3.63) is 53.6 Å². The van der Waals surface area contributed by atoms with Crippen LogP contribution in [0.5, 0.6) is 0 Å². The highest BCUT2D eigenvalue weighted by Crippen LogP contribution is 2.24. The quantitative estimate of drug-likeness (QED) is 0.775. The van der Waals surface area contributed by atoms with Crippen LogP contribution in [0.2, 0.25) is 0 Å². The maximum atomic E-state index is 5.42. The van der Waals surface area contributed by atoms with Crippen molar-refractivity contribution in [1.82, 2.24) is 0 Å². The Balaban J connectivity index is 1.43. The third kappa shape index (κ3) is 3.91. The minimum atomic E-state index is 0.812. The summed E-state index contributed by atoms with van der Waals surface area (Å²) < 4.78 is 5.42. The smallest absolute Gasteiger partial charge is 0.0642 e. The Hall–Kier alpha value is -2.33. The summed E-state index contributed by atoms with van der Waals surface area (Å²) in [6.07, 6.45) is 4.60. The normalized spacial score (nSPS) is 18.0. The molecule has 4 nitrogen and oxygen atoms in total. The Morgan fingerprint density at radius 3 is 2.19 bits per heavy atom. The zero-order valence-corrected chi connectivity index (χ0v) is 15.5. The Bertz CT molecular complexity index is 757. The molecule has 4 rings (SSSR count). The third-order valence-electron chi connectivity index (χ3n) is 5.30. The number of rotatable bonds is 4. The van der Waals surface area contributed by atoms with Gasteiger partial charge < -0.3 is 14.5 Å². The molecular weight excluding hydrogens is 322 g/mol. The van der Waals surface area contributed by atoms with Gasteiger partial charge in [0.1, 0.15) is 0 Å². The lowest BCUT2D eigenvalue weighted by atomic mass is 10.1. The van der Waals surface area contributed by atoms with Gasteiger partial charge in [-0.25, -0.2) is 0 Å². The maximum Gasteiger partial charge on any atom is 0.0642 e. The number of hydrogen-bond donors (Lipinski definition) is 0. The SMILES string of the molecule is Cc1cc(N2CCCC2)ccc1C=Nc1ccc(N2CCOCC2)cc1. The van der Waals surface area contributed by atoms with E-state index in [0.717, 1.165) is 32.0 Å². The molecule has 2 aromatic carbocycles. The minimum Gasteiger partial charge on any atom is -0.378 e. The Morgan fingerprint density at radius 2 is 1.50 bits per heavy atom. The maximum absolute atomic E-state index is 5.42. The van der Waals surface area contributed by atoms with Gasteiger partial charge in [0.15, 0.2) is 0 Å². The van der Waals surface area contributed by atoms with Gasteiger partial charge in [-0.05, 0) is 67.3 Å². The van der Waals surface area contributed by atoms with Crippen molar-refractivity contribution in [3.8, 4) is 0 Å². The molecule has 2 aromatic rings. The van der Waals surface area contributed by atoms with Crippen LogP contribution in [0.25, 0.3) is 0 Å². The van der Waals surface area contributed by atoms with E-state index >= 15 is 0 Å². The van der Waals surface area contributed by atoms with Crippen molar-refractivity contribution in [1.29, 1.82) is 0 Å². The first kappa shape index (κ1) is 17.1. The van der Waals surface area contributed by atoms with Crippen LogP contribution in [0.3, 0.4) is 0 Å². The highest BCUT2D eigenvalue weighted by atomic mass is 16.5. The van der Waals surface area contributed by atoms with E-state index in [1.807, 2.05) is 6.21 Å². The van der Waals surface area contributed by atoms with Crippen molar-refractivity contribution >= 4 is 23.3 Å². The summed E-state index contributed by atoms with van der Waals surface area (Å²) in [4.78, 5) is 9.50. The zero-order valence-electron chi connectivity index (χ0n) is 15.5. The molecule has 0 radical (unpaired) electrons. The lowest BCUT2D eigenvalue weighted by Gasteiger charge is -2.28. The second kappa shape index (κ2) is 7.92. The lowest BCUT2D eigenvalue weighted by Crippen LogP contribution is -2.36. The van der Waals surface area contributed by atoms with Crippen LogP contribution in [0, 0.1) is 6.92 Å². The number of benzene rings is 2. The number of aryl methyl sites for hydroxylation is 1. The Labute approximate surface area is 156 Å². The van der Waals surface area contributed by atoms with Gasteiger partial charge in [-0.1, -0.05) is 6.07 Å². The average Bonchev–Trinajstić information content (AvgIpc) is 3.23. The molecule has 2 aliphatic rings. The Morgan fingerprint density at radius 1 is 0.846 bits per heavy atom. The van der Waals surface area contributed by atoms with Crippen molar-refractivity contribution < 1.29 is 4.74 Å². The summed E-state index contributed by atoms with van der Waals surface area (Å²) in [5.41, 5.74) is 6.05. The van der Waals surface area contributed by atoms with Gasteiger partial charge in [-0.2, -0.15) is 0 Å². The van der Waals surface area contributed by atoms with Crippen molar-refractivity contribution in [2.45, 2.75) is 19.8 Å². The summed E-state index contributed by atoms with van der Waals surface area (Å²) >= 11 is 0. The molecule has 2 saturated heterocycles. The predicted octanol–water partition coefficient (Wildman–Crippen LogP) is 4.18. The number of ether oxygens (including phenoxy) is 1. The van der Waals surface area contributed by atoms with E-state index in [0.29, 0.717) is 0 Å².